The lowest BCUT2D eigenvalue weighted by molar-refractivity contribution is -0.0397. The maximum Gasteiger partial charge on any atom is 0.488 e. The Bertz CT molecular complexity index is 1110. The molecule has 1 aliphatic rings. The summed E-state index contributed by atoms with van der Waals surface area (Å²) in [6, 6.07) is 0. The highest BCUT2D eigenvalue weighted by molar-refractivity contribution is 8.08. The summed E-state index contributed by atoms with van der Waals surface area (Å²) in [4.78, 5) is 48.3. The van der Waals surface area contributed by atoms with Gasteiger partial charge in [-0.15, -0.1) is 0 Å². The van der Waals surface area contributed by atoms with Crippen LogP contribution in [0, 0.1) is 0 Å². The fraction of sp³-hybridized carbons (Fsp3) is 0.500. The highest BCUT2D eigenvalue weighted by Gasteiger charge is 2.45. The van der Waals surface area contributed by atoms with Crippen LogP contribution >= 0.6 is 35.0 Å². The van der Waals surface area contributed by atoms with Gasteiger partial charge >= 0.3 is 22.4 Å². The van der Waals surface area contributed by atoms with Crippen LogP contribution < -0.4 is 5.73 Å². The third-order valence-electron chi connectivity index (χ3n) is 3.82. The monoisotopic (exact) mass is 539 g/mol. The van der Waals surface area contributed by atoms with Gasteiger partial charge in [-0.2, -0.15) is 16.9 Å². The number of nitrogen functional groups attached to an aromatic ring is 1. The molecule has 0 amide bonds. The average molecular weight is 539 g/mol. The largest absolute Gasteiger partial charge is 0.488 e. The second-order valence-electron chi connectivity index (χ2n) is 6.02. The lowest BCUT2D eigenvalue weighted by Gasteiger charge is -2.21. The highest BCUT2D eigenvalue weighted by atomic mass is 32.5. The zero-order valence-corrected chi connectivity index (χ0v) is 19.3. The standard InChI is InChI=1S/C10H16N5O11P3S2/c11-8-5-9(13-2-12-8)15(3-14-5)10-7(30)6(16)4(24-10)1-23-29(22,31)26-28(20,21)25-27(17,18)19/h2-4,6-7,10,16,30H,1H2,(H,20,21)(H,22,31)(H2,11,12,13)(H2,17,18,19)/t4-,6-,7-,10-,29?/m1/s1. The summed E-state index contributed by atoms with van der Waals surface area (Å²) in [7, 11) is -10.9. The molecule has 2 aromatic rings. The zero-order chi connectivity index (χ0) is 23.2. The molecule has 0 saturated carbocycles. The Hall–Kier alpha value is -0.550. The van der Waals surface area contributed by atoms with Crippen LogP contribution in [0.3, 0.4) is 0 Å². The molecule has 1 fully saturated rings. The molecule has 31 heavy (non-hydrogen) atoms. The summed E-state index contributed by atoms with van der Waals surface area (Å²) in [5, 5.41) is 9.56. The van der Waals surface area contributed by atoms with Crippen molar-refractivity contribution in [1.82, 2.24) is 19.5 Å². The number of aliphatic hydroxyl groups excluding tert-OH is 1. The van der Waals surface area contributed by atoms with Crippen molar-refractivity contribution in [2.45, 2.75) is 23.7 Å². The lowest BCUT2D eigenvalue weighted by atomic mass is 10.2. The van der Waals surface area contributed by atoms with Crippen molar-refractivity contribution in [2.24, 2.45) is 0 Å². The Morgan fingerprint density at radius 1 is 1.23 bits per heavy atom. The number of fused-ring (bicyclic) bond motifs is 1. The van der Waals surface area contributed by atoms with Gasteiger partial charge in [-0.05, 0) is 11.8 Å². The quantitative estimate of drug-likeness (QED) is 0.164. The third-order valence-corrected chi connectivity index (χ3v) is 9.10. The van der Waals surface area contributed by atoms with E-state index in [2.05, 4.69) is 48.0 Å². The number of aromatic nitrogens is 4. The van der Waals surface area contributed by atoms with Crippen molar-refractivity contribution >= 4 is 63.8 Å². The van der Waals surface area contributed by atoms with Crippen LogP contribution in [0.2, 0.25) is 0 Å². The van der Waals surface area contributed by atoms with Gasteiger partial charge in [0, 0.05) is 0 Å². The maximum absolute atomic E-state index is 11.5. The summed E-state index contributed by atoms with van der Waals surface area (Å²) in [6.45, 7) is -5.18. The van der Waals surface area contributed by atoms with Crippen molar-refractivity contribution in [3.8, 4) is 0 Å². The fourth-order valence-electron chi connectivity index (χ4n) is 2.62. The van der Waals surface area contributed by atoms with Gasteiger partial charge in [0.05, 0.1) is 24.3 Å². The molecule has 1 aliphatic heterocycles. The normalized spacial score (nSPS) is 28.5. The Labute approximate surface area is 183 Å². The number of thiol groups is 1. The second kappa shape index (κ2) is 9.00. The number of rotatable bonds is 8. The van der Waals surface area contributed by atoms with E-state index < -0.39 is 52.7 Å². The summed E-state index contributed by atoms with van der Waals surface area (Å²) in [6.07, 6.45) is -0.775. The molecule has 0 aliphatic carbocycles. The van der Waals surface area contributed by atoms with E-state index in [-0.39, 0.29) is 5.82 Å². The predicted octanol–water partition coefficient (Wildman–Crippen LogP) is -0.575. The van der Waals surface area contributed by atoms with Crippen LogP contribution in [-0.2, 0) is 38.8 Å². The minimum atomic E-state index is -5.46. The molecular weight excluding hydrogens is 523 g/mol. The first-order chi connectivity index (χ1) is 14.2. The van der Waals surface area contributed by atoms with E-state index in [0.29, 0.717) is 11.2 Å². The molecule has 3 rings (SSSR count). The predicted molar refractivity (Wildman–Crippen MR) is 109 cm³/mol. The first-order valence-corrected chi connectivity index (χ1v) is 14.1. The highest BCUT2D eigenvalue weighted by Crippen LogP contribution is 2.66. The van der Waals surface area contributed by atoms with Crippen LogP contribution in [0.4, 0.5) is 5.82 Å². The molecule has 0 bridgehead atoms. The van der Waals surface area contributed by atoms with Gasteiger partial charge in [0.1, 0.15) is 17.9 Å². The summed E-state index contributed by atoms with van der Waals surface area (Å²) in [5.74, 6) is 0.127. The number of phosphoric acid groups is 2. The number of anilines is 1. The van der Waals surface area contributed by atoms with Crippen LogP contribution in [0.15, 0.2) is 12.7 Å². The van der Waals surface area contributed by atoms with Crippen molar-refractivity contribution in [3.05, 3.63) is 12.7 Å². The average Bonchev–Trinajstić information content (AvgIpc) is 3.13. The second-order valence-corrected chi connectivity index (χ2v) is 12.4. The third kappa shape index (κ3) is 6.07. The van der Waals surface area contributed by atoms with E-state index in [0.717, 1.165) is 0 Å². The van der Waals surface area contributed by atoms with E-state index in [4.69, 9.17) is 24.8 Å². The van der Waals surface area contributed by atoms with E-state index in [9.17, 15) is 24.0 Å². The molecule has 2 aromatic heterocycles. The van der Waals surface area contributed by atoms with Gasteiger partial charge in [0.15, 0.2) is 17.7 Å². The molecular formula is C10H16N5O11P3S2. The Morgan fingerprint density at radius 3 is 2.55 bits per heavy atom. The zero-order valence-electron chi connectivity index (χ0n) is 14.9. The van der Waals surface area contributed by atoms with Gasteiger partial charge in [0.2, 0.25) is 0 Å². The molecule has 7 N–H and O–H groups in total. The van der Waals surface area contributed by atoms with E-state index in [1.165, 1.54) is 17.2 Å². The van der Waals surface area contributed by atoms with Crippen molar-refractivity contribution < 1.29 is 51.7 Å². The van der Waals surface area contributed by atoms with Crippen LogP contribution in [-0.4, -0.2) is 68.3 Å². The number of nitrogens with two attached hydrogens (primary N) is 1. The lowest BCUT2D eigenvalue weighted by Crippen LogP contribution is -2.30. The van der Waals surface area contributed by atoms with Crippen LogP contribution in [0.5, 0.6) is 0 Å². The van der Waals surface area contributed by atoms with Crippen molar-refractivity contribution in [3.63, 3.8) is 0 Å². The number of nitrogens with zero attached hydrogens (tertiary/aromatic N) is 4. The molecule has 16 nitrogen and oxygen atoms in total. The maximum atomic E-state index is 11.5. The Balaban J connectivity index is 1.69. The van der Waals surface area contributed by atoms with Gasteiger partial charge in [-0.3, -0.25) is 4.57 Å². The first-order valence-electron chi connectivity index (χ1n) is 7.92. The fourth-order valence-corrected chi connectivity index (χ4v) is 7.00. The Morgan fingerprint density at radius 2 is 1.90 bits per heavy atom. The number of imidazole rings is 1. The van der Waals surface area contributed by atoms with Gasteiger partial charge in [-0.1, -0.05) is 0 Å². The molecule has 2 unspecified atom stereocenters. The molecule has 3 heterocycles. The number of hydrogen-bond acceptors (Lipinski definition) is 13. The van der Waals surface area contributed by atoms with Crippen LogP contribution in [0.25, 0.3) is 11.2 Å². The summed E-state index contributed by atoms with van der Waals surface area (Å²) >= 11 is 8.83. The van der Waals surface area contributed by atoms with E-state index >= 15 is 0 Å². The number of hydrogen-bond donors (Lipinski definition) is 7. The van der Waals surface area contributed by atoms with Gasteiger partial charge in [-0.25, -0.2) is 28.4 Å². The van der Waals surface area contributed by atoms with Crippen molar-refractivity contribution in [2.75, 3.05) is 12.3 Å². The SMILES string of the molecule is Nc1ncnc2c1ncn2[C@@H]1O[C@H](COP(O)(=S)OP(=O)(O)OP(=O)(O)O)[C@@H](O)[C@H]1S. The molecule has 0 aromatic carbocycles. The summed E-state index contributed by atoms with van der Waals surface area (Å²) in [5.41, 5.74) is 6.33. The van der Waals surface area contributed by atoms with Gasteiger partial charge in [0.25, 0.3) is 0 Å². The molecule has 174 valence electrons. The minimum absolute atomic E-state index is 0.127. The number of ether oxygens (including phenoxy) is 1. The minimum Gasteiger partial charge on any atom is -0.389 e. The van der Waals surface area contributed by atoms with E-state index in [1.54, 1.807) is 0 Å². The van der Waals surface area contributed by atoms with Gasteiger partial charge < -0.3 is 39.7 Å². The van der Waals surface area contributed by atoms with E-state index in [1.807, 2.05) is 0 Å². The van der Waals surface area contributed by atoms with Crippen molar-refractivity contribution in [1.29, 1.82) is 0 Å². The summed E-state index contributed by atoms with van der Waals surface area (Å²) < 4.78 is 41.9. The smallest absolute Gasteiger partial charge is 0.389 e. The molecule has 21 heteroatoms. The molecule has 0 radical (unpaired) electrons. The molecule has 0 spiro atoms. The first kappa shape index (κ1) is 25.1. The molecule has 6 atom stereocenters. The topological polar surface area (TPSA) is 242 Å². The van der Waals surface area contributed by atoms with Crippen LogP contribution in [0.1, 0.15) is 6.23 Å². The number of aliphatic hydroxyl groups is 1. The Kier molecular flexibility index (Phi) is 7.29. The molecule has 1 saturated heterocycles.